The van der Waals surface area contributed by atoms with Gasteiger partial charge in [-0.05, 0) is 19.1 Å². The van der Waals surface area contributed by atoms with E-state index in [0.29, 0.717) is 6.54 Å². The fourth-order valence-electron chi connectivity index (χ4n) is 1.11. The van der Waals surface area contributed by atoms with E-state index in [1.165, 1.54) is 0 Å². The van der Waals surface area contributed by atoms with E-state index in [1.807, 2.05) is 25.1 Å². The molecule has 0 spiro atoms. The first-order chi connectivity index (χ1) is 6.74. The van der Waals surface area contributed by atoms with Crippen LogP contribution in [0.4, 0.5) is 0 Å². The highest BCUT2D eigenvalue weighted by Gasteiger charge is 2.07. The number of nitrogens with zero attached hydrogens (tertiary/aromatic N) is 1. The van der Waals surface area contributed by atoms with Gasteiger partial charge >= 0.3 is 0 Å². The van der Waals surface area contributed by atoms with E-state index in [9.17, 15) is 0 Å². The van der Waals surface area contributed by atoms with Crippen molar-refractivity contribution in [3.05, 3.63) is 30.1 Å². The highest BCUT2D eigenvalue weighted by molar-refractivity contribution is 5.07. The molecule has 78 valence electrons. The maximum Gasteiger partial charge on any atom is 0.0895 e. The lowest BCUT2D eigenvalue weighted by molar-refractivity contribution is 0.0922. The number of hydrogen-bond donors (Lipinski definition) is 3. The van der Waals surface area contributed by atoms with Crippen molar-refractivity contribution < 1.29 is 10.2 Å². The Kier molecular flexibility index (Phi) is 4.52. The number of nitrogens with one attached hydrogen (secondary N) is 1. The third-order valence-corrected chi connectivity index (χ3v) is 2.00. The van der Waals surface area contributed by atoms with Crippen LogP contribution in [0.1, 0.15) is 18.7 Å². The summed E-state index contributed by atoms with van der Waals surface area (Å²) in [6, 6.07) is 5.78. The van der Waals surface area contributed by atoms with Gasteiger partial charge in [0.15, 0.2) is 0 Å². The fourth-order valence-corrected chi connectivity index (χ4v) is 1.11. The predicted molar refractivity (Wildman–Crippen MR) is 53.7 cm³/mol. The highest BCUT2D eigenvalue weighted by atomic mass is 16.3. The lowest BCUT2D eigenvalue weighted by Gasteiger charge is -2.15. The molecule has 0 aromatic carbocycles. The summed E-state index contributed by atoms with van der Waals surface area (Å²) in [7, 11) is 0. The van der Waals surface area contributed by atoms with E-state index < -0.39 is 6.10 Å². The zero-order chi connectivity index (χ0) is 10.4. The van der Waals surface area contributed by atoms with E-state index >= 15 is 0 Å². The number of hydrogen-bond acceptors (Lipinski definition) is 4. The molecule has 0 aliphatic carbocycles. The second-order valence-corrected chi connectivity index (χ2v) is 3.22. The van der Waals surface area contributed by atoms with Gasteiger partial charge in [-0.2, -0.15) is 0 Å². The Hall–Kier alpha value is -0.970. The Morgan fingerprint density at radius 2 is 2.29 bits per heavy atom. The minimum Gasteiger partial charge on any atom is -0.394 e. The van der Waals surface area contributed by atoms with Gasteiger partial charge in [-0.15, -0.1) is 0 Å². The molecule has 0 saturated heterocycles. The van der Waals surface area contributed by atoms with Gasteiger partial charge in [0, 0.05) is 18.8 Å². The molecule has 0 radical (unpaired) electrons. The maximum absolute atomic E-state index is 9.12. The average Bonchev–Trinajstić information content (AvgIpc) is 2.26. The van der Waals surface area contributed by atoms with Gasteiger partial charge in [-0.25, -0.2) is 0 Å². The van der Waals surface area contributed by atoms with Crippen LogP contribution in [-0.4, -0.2) is 34.5 Å². The van der Waals surface area contributed by atoms with Crippen LogP contribution in [0.15, 0.2) is 24.4 Å². The van der Waals surface area contributed by atoms with Crippen molar-refractivity contribution in [3.8, 4) is 0 Å². The van der Waals surface area contributed by atoms with E-state index in [0.717, 1.165) is 5.69 Å². The van der Waals surface area contributed by atoms with Crippen molar-refractivity contribution in [3.63, 3.8) is 0 Å². The first-order valence-electron chi connectivity index (χ1n) is 4.67. The molecule has 3 N–H and O–H groups in total. The second kappa shape index (κ2) is 5.70. The van der Waals surface area contributed by atoms with Crippen LogP contribution >= 0.6 is 0 Å². The molecule has 0 aliphatic heterocycles. The molecule has 1 heterocycles. The second-order valence-electron chi connectivity index (χ2n) is 3.22. The minimum atomic E-state index is -0.707. The summed E-state index contributed by atoms with van der Waals surface area (Å²) in [6.45, 7) is 2.11. The van der Waals surface area contributed by atoms with E-state index in [-0.39, 0.29) is 12.6 Å². The van der Waals surface area contributed by atoms with Crippen LogP contribution in [0.5, 0.6) is 0 Å². The van der Waals surface area contributed by atoms with Crippen molar-refractivity contribution in [2.24, 2.45) is 0 Å². The molecule has 0 fully saturated rings. The Morgan fingerprint density at radius 3 is 2.86 bits per heavy atom. The molecule has 1 aromatic heterocycles. The molecule has 1 aromatic rings. The van der Waals surface area contributed by atoms with Crippen molar-refractivity contribution in [2.75, 3.05) is 13.2 Å². The number of aliphatic hydroxyl groups is 2. The summed E-state index contributed by atoms with van der Waals surface area (Å²) < 4.78 is 0. The third-order valence-electron chi connectivity index (χ3n) is 2.00. The SMILES string of the molecule is CC(NCC(O)CO)c1ccccn1. The molecule has 1 rings (SSSR count). The number of rotatable bonds is 5. The van der Waals surface area contributed by atoms with Gasteiger partial charge in [-0.3, -0.25) is 4.98 Å². The molecule has 14 heavy (non-hydrogen) atoms. The van der Waals surface area contributed by atoms with Crippen molar-refractivity contribution >= 4 is 0 Å². The monoisotopic (exact) mass is 196 g/mol. The molecule has 0 saturated carbocycles. The maximum atomic E-state index is 9.12. The molecule has 2 unspecified atom stereocenters. The van der Waals surface area contributed by atoms with Gasteiger partial charge in [0.2, 0.25) is 0 Å². The number of aromatic nitrogens is 1. The molecular formula is C10H16N2O2. The van der Waals surface area contributed by atoms with Crippen molar-refractivity contribution in [1.29, 1.82) is 0 Å². The van der Waals surface area contributed by atoms with Gasteiger partial charge in [0.25, 0.3) is 0 Å². The number of pyridine rings is 1. The van der Waals surface area contributed by atoms with Crippen LogP contribution in [-0.2, 0) is 0 Å². The van der Waals surface area contributed by atoms with Crippen LogP contribution < -0.4 is 5.32 Å². The van der Waals surface area contributed by atoms with Gasteiger partial charge in [-0.1, -0.05) is 6.07 Å². The van der Waals surface area contributed by atoms with E-state index in [2.05, 4.69) is 10.3 Å². The molecular weight excluding hydrogens is 180 g/mol. The zero-order valence-electron chi connectivity index (χ0n) is 8.22. The first-order valence-corrected chi connectivity index (χ1v) is 4.67. The third kappa shape index (κ3) is 3.41. The van der Waals surface area contributed by atoms with Gasteiger partial charge in [0.05, 0.1) is 18.4 Å². The van der Waals surface area contributed by atoms with E-state index in [1.54, 1.807) is 6.20 Å². The standard InChI is InChI=1S/C10H16N2O2/c1-8(12-6-9(14)7-13)10-4-2-3-5-11-10/h2-5,8-9,12-14H,6-7H2,1H3. The summed E-state index contributed by atoms with van der Waals surface area (Å²) in [5.41, 5.74) is 0.928. The highest BCUT2D eigenvalue weighted by Crippen LogP contribution is 2.07. The van der Waals surface area contributed by atoms with Crippen molar-refractivity contribution in [2.45, 2.75) is 19.1 Å². The largest absolute Gasteiger partial charge is 0.394 e. The summed E-state index contributed by atoms with van der Waals surface area (Å²) >= 11 is 0. The Labute approximate surface area is 83.6 Å². The van der Waals surface area contributed by atoms with Crippen LogP contribution in [0.25, 0.3) is 0 Å². The smallest absolute Gasteiger partial charge is 0.0895 e. The summed E-state index contributed by atoms with van der Waals surface area (Å²) in [5, 5.41) is 20.8. The Balaban J connectivity index is 2.39. The van der Waals surface area contributed by atoms with Crippen LogP contribution in [0.3, 0.4) is 0 Å². The lowest BCUT2D eigenvalue weighted by atomic mass is 10.2. The average molecular weight is 196 g/mol. The summed E-state index contributed by atoms with van der Waals surface area (Å²) in [5.74, 6) is 0. The molecule has 0 amide bonds. The fraction of sp³-hybridized carbons (Fsp3) is 0.500. The number of aliphatic hydroxyl groups excluding tert-OH is 2. The molecule has 0 bridgehead atoms. The van der Waals surface area contributed by atoms with Crippen molar-refractivity contribution in [1.82, 2.24) is 10.3 Å². The van der Waals surface area contributed by atoms with Crippen LogP contribution in [0.2, 0.25) is 0 Å². The molecule has 2 atom stereocenters. The minimum absolute atomic E-state index is 0.0809. The predicted octanol–water partition coefficient (Wildman–Crippen LogP) is 0.0854. The van der Waals surface area contributed by atoms with Gasteiger partial charge in [0.1, 0.15) is 0 Å². The lowest BCUT2D eigenvalue weighted by Crippen LogP contribution is -2.31. The Morgan fingerprint density at radius 1 is 1.50 bits per heavy atom. The summed E-state index contributed by atoms with van der Waals surface area (Å²) in [6.07, 6.45) is 1.02. The Bertz CT molecular complexity index is 254. The molecule has 0 aliphatic rings. The topological polar surface area (TPSA) is 65.4 Å². The quantitative estimate of drug-likeness (QED) is 0.624. The van der Waals surface area contributed by atoms with Crippen LogP contribution in [0, 0.1) is 0 Å². The molecule has 4 heteroatoms. The molecule has 4 nitrogen and oxygen atoms in total. The first kappa shape index (κ1) is 11.1. The summed E-state index contributed by atoms with van der Waals surface area (Å²) in [4.78, 5) is 4.18. The van der Waals surface area contributed by atoms with Gasteiger partial charge < -0.3 is 15.5 Å². The normalized spacial score (nSPS) is 15.1. The zero-order valence-corrected chi connectivity index (χ0v) is 8.22. The van der Waals surface area contributed by atoms with E-state index in [4.69, 9.17) is 10.2 Å².